The number of hydrogen-bond donors (Lipinski definition) is 0. The predicted octanol–water partition coefficient (Wildman–Crippen LogP) is 4.35. The molecule has 5 heteroatoms. The summed E-state index contributed by atoms with van der Waals surface area (Å²) < 4.78 is 23.5. The van der Waals surface area contributed by atoms with E-state index in [1.165, 1.54) is 25.7 Å². The van der Waals surface area contributed by atoms with Gasteiger partial charge < -0.3 is 18.8 Å². The van der Waals surface area contributed by atoms with Crippen LogP contribution in [-0.4, -0.2) is 38.1 Å². The van der Waals surface area contributed by atoms with Gasteiger partial charge in [0.25, 0.3) is 0 Å². The molecule has 0 atom stereocenters. The van der Waals surface area contributed by atoms with Crippen molar-refractivity contribution < 1.29 is 18.8 Å². The highest BCUT2D eigenvalue weighted by Crippen LogP contribution is 2.36. The van der Waals surface area contributed by atoms with Crippen LogP contribution in [0.4, 0.5) is 0 Å². The lowest BCUT2D eigenvalue weighted by molar-refractivity contribution is 0.00578. The largest absolute Gasteiger partial charge is 0.494 e. The fourth-order valence-corrected chi connectivity index (χ4v) is 2.83. The Hall–Kier alpha value is -1.04. The van der Waals surface area contributed by atoms with Crippen molar-refractivity contribution in [1.29, 1.82) is 0 Å². The van der Waals surface area contributed by atoms with E-state index in [0.29, 0.717) is 13.2 Å². The molecule has 146 valence electrons. The number of unbranched alkanes of at least 4 members (excludes halogenated alkanes) is 4. The molecule has 0 aromatic heterocycles. The maximum absolute atomic E-state index is 6.07. The van der Waals surface area contributed by atoms with Crippen LogP contribution in [0.1, 0.15) is 66.7 Å². The van der Waals surface area contributed by atoms with Crippen molar-refractivity contribution in [3.05, 3.63) is 24.3 Å². The van der Waals surface area contributed by atoms with Crippen LogP contribution in [-0.2, 0) is 14.0 Å². The molecule has 4 nitrogen and oxygen atoms in total. The van der Waals surface area contributed by atoms with Crippen LogP contribution in [0.2, 0.25) is 0 Å². The van der Waals surface area contributed by atoms with Crippen LogP contribution >= 0.6 is 0 Å². The Morgan fingerprint density at radius 2 is 1.42 bits per heavy atom. The third-order valence-electron chi connectivity index (χ3n) is 5.29. The number of hydrogen-bond acceptors (Lipinski definition) is 4. The summed E-state index contributed by atoms with van der Waals surface area (Å²) in [5, 5.41) is 0. The second kappa shape index (κ2) is 9.77. The second-order valence-electron chi connectivity index (χ2n) is 8.03. The average Bonchev–Trinajstić information content (AvgIpc) is 2.82. The smallest absolute Gasteiger partial charge is 0.491 e. The van der Waals surface area contributed by atoms with E-state index in [1.54, 1.807) is 0 Å². The molecule has 0 amide bonds. The van der Waals surface area contributed by atoms with Crippen molar-refractivity contribution in [2.75, 3.05) is 19.8 Å². The van der Waals surface area contributed by atoms with Gasteiger partial charge in [0.1, 0.15) is 12.4 Å². The summed E-state index contributed by atoms with van der Waals surface area (Å²) in [6, 6.07) is 7.94. The van der Waals surface area contributed by atoms with E-state index in [2.05, 4.69) is 34.6 Å². The summed E-state index contributed by atoms with van der Waals surface area (Å²) in [5.41, 5.74) is 0.376. The normalized spacial score (nSPS) is 18.3. The highest BCUT2D eigenvalue weighted by molar-refractivity contribution is 6.62. The monoisotopic (exact) mass is 362 g/mol. The second-order valence-corrected chi connectivity index (χ2v) is 8.03. The molecule has 0 radical (unpaired) electrons. The van der Waals surface area contributed by atoms with Gasteiger partial charge in [-0.3, -0.25) is 0 Å². The van der Waals surface area contributed by atoms with E-state index in [9.17, 15) is 0 Å². The first-order valence-corrected chi connectivity index (χ1v) is 10.0. The minimum absolute atomic E-state index is 0.319. The van der Waals surface area contributed by atoms with Gasteiger partial charge in [0.05, 0.1) is 17.8 Å². The number of benzene rings is 1. The minimum Gasteiger partial charge on any atom is -0.491 e. The van der Waals surface area contributed by atoms with Crippen LogP contribution in [0.5, 0.6) is 5.75 Å². The van der Waals surface area contributed by atoms with Gasteiger partial charge in [0.2, 0.25) is 0 Å². The van der Waals surface area contributed by atoms with E-state index in [4.69, 9.17) is 18.8 Å². The predicted molar refractivity (Wildman–Crippen MR) is 107 cm³/mol. The lowest BCUT2D eigenvalue weighted by Crippen LogP contribution is -2.41. The highest BCUT2D eigenvalue weighted by Gasteiger charge is 2.51. The summed E-state index contributed by atoms with van der Waals surface area (Å²) in [7, 11) is -0.329. The van der Waals surface area contributed by atoms with Crippen molar-refractivity contribution in [3.63, 3.8) is 0 Å². The van der Waals surface area contributed by atoms with Crippen LogP contribution < -0.4 is 10.2 Å². The summed E-state index contributed by atoms with van der Waals surface area (Å²) >= 11 is 0. The molecule has 2 rings (SSSR count). The molecule has 0 unspecified atom stereocenters. The van der Waals surface area contributed by atoms with Gasteiger partial charge in [-0.1, -0.05) is 44.7 Å². The first-order valence-electron chi connectivity index (χ1n) is 10.0. The van der Waals surface area contributed by atoms with Gasteiger partial charge in [0.15, 0.2) is 0 Å². The molecule has 1 saturated heterocycles. The standard InChI is InChI=1S/C21H35BO4/c1-6-7-8-9-10-15-23-16-17-24-19-13-11-18(12-14-19)22-25-20(2,3)21(4,5)26-22/h11-14H,6-10,15-17H2,1-5H3. The molecule has 1 fully saturated rings. The SMILES string of the molecule is CCCCCCCOCCOc1ccc(B2OC(C)(C)C(C)(C)O2)cc1. The Labute approximate surface area is 159 Å². The van der Waals surface area contributed by atoms with Crippen LogP contribution in [0, 0.1) is 0 Å². The molecule has 0 saturated carbocycles. The molecule has 0 N–H and O–H groups in total. The first kappa shape index (κ1) is 21.3. The summed E-state index contributed by atoms with van der Waals surface area (Å²) in [5.74, 6) is 0.844. The molecule has 1 aromatic rings. The number of rotatable bonds is 11. The van der Waals surface area contributed by atoms with Gasteiger partial charge >= 0.3 is 7.12 Å². The zero-order valence-corrected chi connectivity index (χ0v) is 17.2. The van der Waals surface area contributed by atoms with Crippen molar-refractivity contribution >= 4 is 12.6 Å². The lowest BCUT2D eigenvalue weighted by Gasteiger charge is -2.32. The molecule has 0 bridgehead atoms. The fraction of sp³-hybridized carbons (Fsp3) is 0.714. The van der Waals surface area contributed by atoms with Gasteiger partial charge in [-0.05, 0) is 51.7 Å². The molecule has 1 aromatic carbocycles. The van der Waals surface area contributed by atoms with E-state index in [1.807, 2.05) is 24.3 Å². The minimum atomic E-state index is -0.329. The third-order valence-corrected chi connectivity index (χ3v) is 5.29. The van der Waals surface area contributed by atoms with Crippen molar-refractivity contribution in [2.24, 2.45) is 0 Å². The Morgan fingerprint density at radius 3 is 2.04 bits per heavy atom. The van der Waals surface area contributed by atoms with E-state index in [-0.39, 0.29) is 18.3 Å². The van der Waals surface area contributed by atoms with Gasteiger partial charge in [-0.15, -0.1) is 0 Å². The number of ether oxygens (including phenoxy) is 2. The van der Waals surface area contributed by atoms with Crippen LogP contribution in [0.25, 0.3) is 0 Å². The Kier molecular flexibility index (Phi) is 7.99. The molecule has 1 heterocycles. The van der Waals surface area contributed by atoms with E-state index in [0.717, 1.165) is 24.2 Å². The molecule has 26 heavy (non-hydrogen) atoms. The van der Waals surface area contributed by atoms with E-state index < -0.39 is 0 Å². The molecule has 0 spiro atoms. The van der Waals surface area contributed by atoms with Crippen molar-refractivity contribution in [3.8, 4) is 5.75 Å². The summed E-state index contributed by atoms with van der Waals surface area (Å²) in [4.78, 5) is 0. The Morgan fingerprint density at radius 1 is 0.808 bits per heavy atom. The fourth-order valence-electron chi connectivity index (χ4n) is 2.83. The average molecular weight is 362 g/mol. The maximum Gasteiger partial charge on any atom is 0.494 e. The Balaban J connectivity index is 1.66. The zero-order valence-electron chi connectivity index (χ0n) is 17.2. The maximum atomic E-state index is 6.07. The first-order chi connectivity index (χ1) is 12.4. The van der Waals surface area contributed by atoms with Crippen LogP contribution in [0.3, 0.4) is 0 Å². The quantitative estimate of drug-likeness (QED) is 0.433. The molecule has 1 aliphatic heterocycles. The molecular weight excluding hydrogens is 327 g/mol. The molecular formula is C21H35BO4. The molecule has 1 aliphatic rings. The summed E-state index contributed by atoms with van der Waals surface area (Å²) in [6.07, 6.45) is 6.32. The lowest BCUT2D eigenvalue weighted by atomic mass is 9.79. The third kappa shape index (κ3) is 6.00. The van der Waals surface area contributed by atoms with Crippen LogP contribution in [0.15, 0.2) is 24.3 Å². The van der Waals surface area contributed by atoms with Crippen molar-refractivity contribution in [2.45, 2.75) is 77.9 Å². The van der Waals surface area contributed by atoms with Gasteiger partial charge in [0, 0.05) is 6.61 Å². The topological polar surface area (TPSA) is 36.9 Å². The van der Waals surface area contributed by atoms with Gasteiger partial charge in [-0.2, -0.15) is 0 Å². The van der Waals surface area contributed by atoms with Gasteiger partial charge in [-0.25, -0.2) is 0 Å². The summed E-state index contributed by atoms with van der Waals surface area (Å²) in [6.45, 7) is 12.5. The molecule has 0 aliphatic carbocycles. The highest BCUT2D eigenvalue weighted by atomic mass is 16.7. The zero-order chi connectivity index (χ0) is 19.0. The van der Waals surface area contributed by atoms with E-state index >= 15 is 0 Å². The Bertz CT molecular complexity index is 511. The van der Waals surface area contributed by atoms with Crippen molar-refractivity contribution in [1.82, 2.24) is 0 Å².